The van der Waals surface area contributed by atoms with Crippen LogP contribution in [0.2, 0.25) is 0 Å². The van der Waals surface area contributed by atoms with E-state index in [9.17, 15) is 5.11 Å². The number of rotatable bonds is 7. The third kappa shape index (κ3) is 4.53. The van der Waals surface area contributed by atoms with Gasteiger partial charge < -0.3 is 19.3 Å². The molecule has 9 nitrogen and oxygen atoms in total. The molecule has 1 aliphatic rings. The van der Waals surface area contributed by atoms with Crippen LogP contribution >= 0.6 is 0 Å². The van der Waals surface area contributed by atoms with Crippen LogP contribution in [0.1, 0.15) is 0 Å². The fourth-order valence-corrected chi connectivity index (χ4v) is 3.85. The van der Waals surface area contributed by atoms with Crippen LogP contribution in [0.15, 0.2) is 65.6 Å². The lowest BCUT2D eigenvalue weighted by Gasteiger charge is -2.35. The SMILES string of the molecule is O[C@@H](COc1cccc(-c2noc3ncccc23)c1)CN1CCN(c2ncccn2)CC1. The molecule has 0 amide bonds. The van der Waals surface area contributed by atoms with Crippen molar-refractivity contribution >= 4 is 17.0 Å². The molecule has 1 aromatic carbocycles. The number of hydrogen-bond donors (Lipinski definition) is 1. The first-order valence-corrected chi connectivity index (χ1v) is 10.6. The molecule has 1 saturated heterocycles. The summed E-state index contributed by atoms with van der Waals surface area (Å²) in [6, 6.07) is 13.2. The summed E-state index contributed by atoms with van der Waals surface area (Å²) in [4.78, 5) is 17.2. The zero-order chi connectivity index (χ0) is 21.8. The van der Waals surface area contributed by atoms with E-state index in [1.54, 1.807) is 18.6 Å². The van der Waals surface area contributed by atoms with Crippen LogP contribution in [0, 0.1) is 0 Å². The van der Waals surface area contributed by atoms with E-state index in [1.165, 1.54) is 0 Å². The van der Waals surface area contributed by atoms with Gasteiger partial charge in [0.15, 0.2) is 0 Å². The number of hydrogen-bond acceptors (Lipinski definition) is 9. The van der Waals surface area contributed by atoms with Gasteiger partial charge in [0.1, 0.15) is 24.2 Å². The average Bonchev–Trinajstić information content (AvgIpc) is 3.28. The van der Waals surface area contributed by atoms with Gasteiger partial charge in [0.25, 0.3) is 5.71 Å². The summed E-state index contributed by atoms with van der Waals surface area (Å²) in [6.45, 7) is 4.13. The van der Waals surface area contributed by atoms with Gasteiger partial charge in [-0.15, -0.1) is 0 Å². The smallest absolute Gasteiger partial charge is 0.258 e. The number of pyridine rings is 1. The van der Waals surface area contributed by atoms with Gasteiger partial charge in [-0.2, -0.15) is 0 Å². The number of ether oxygens (including phenoxy) is 1. The molecule has 0 saturated carbocycles. The molecular weight excluding hydrogens is 408 g/mol. The maximum Gasteiger partial charge on any atom is 0.258 e. The second-order valence-corrected chi connectivity index (χ2v) is 7.72. The maximum absolute atomic E-state index is 10.5. The predicted molar refractivity (Wildman–Crippen MR) is 119 cm³/mol. The largest absolute Gasteiger partial charge is 0.491 e. The van der Waals surface area contributed by atoms with Crippen LogP contribution in [-0.4, -0.2) is 75.5 Å². The summed E-state index contributed by atoms with van der Waals surface area (Å²) in [6.07, 6.45) is 4.60. The first-order chi connectivity index (χ1) is 15.8. The number of β-amino-alcohol motifs (C(OH)–C–C–N with tert-alkyl or cyclic N) is 1. The Morgan fingerprint density at radius 3 is 2.62 bits per heavy atom. The van der Waals surface area contributed by atoms with E-state index in [2.05, 4.69) is 29.9 Å². The Bertz CT molecular complexity index is 1160. The van der Waals surface area contributed by atoms with E-state index < -0.39 is 6.10 Å². The third-order valence-electron chi connectivity index (χ3n) is 5.48. The average molecular weight is 432 g/mol. The Morgan fingerprint density at radius 1 is 0.969 bits per heavy atom. The standard InChI is InChI=1S/C23H24N6O3/c30-18(15-28-10-12-29(13-11-28)23-25-8-3-9-26-23)16-31-19-5-1-4-17(14-19)21-20-6-2-7-24-22(20)32-27-21/h1-9,14,18,30H,10-13,15-16H2/t18-/m1/s1. The van der Waals surface area contributed by atoms with Crippen LogP contribution in [-0.2, 0) is 0 Å². The molecule has 5 rings (SSSR count). The third-order valence-corrected chi connectivity index (χ3v) is 5.48. The normalized spacial score (nSPS) is 15.7. The highest BCUT2D eigenvalue weighted by molar-refractivity contribution is 5.89. The Balaban J connectivity index is 1.14. The topological polar surface area (TPSA) is 101 Å². The van der Waals surface area contributed by atoms with Crippen molar-refractivity contribution in [1.29, 1.82) is 0 Å². The molecule has 0 radical (unpaired) electrons. The van der Waals surface area contributed by atoms with Gasteiger partial charge in [-0.3, -0.25) is 4.90 Å². The monoisotopic (exact) mass is 432 g/mol. The summed E-state index contributed by atoms with van der Waals surface area (Å²) < 4.78 is 11.2. The van der Waals surface area contributed by atoms with Crippen LogP contribution in [0.3, 0.4) is 0 Å². The summed E-state index contributed by atoms with van der Waals surface area (Å²) >= 11 is 0. The number of aliphatic hydroxyl groups is 1. The molecule has 1 aliphatic heterocycles. The number of aliphatic hydroxyl groups excluding tert-OH is 1. The van der Waals surface area contributed by atoms with Crippen molar-refractivity contribution in [2.24, 2.45) is 0 Å². The molecule has 1 N–H and O–H groups in total. The second kappa shape index (κ2) is 9.29. The lowest BCUT2D eigenvalue weighted by molar-refractivity contribution is 0.0662. The van der Waals surface area contributed by atoms with E-state index in [0.29, 0.717) is 18.0 Å². The number of fused-ring (bicyclic) bond motifs is 1. The minimum atomic E-state index is -0.588. The molecule has 0 aliphatic carbocycles. The quantitative estimate of drug-likeness (QED) is 0.471. The summed E-state index contributed by atoms with van der Waals surface area (Å²) in [5, 5.41) is 15.5. The Kier molecular flexibility index (Phi) is 5.91. The highest BCUT2D eigenvalue weighted by Gasteiger charge is 2.21. The van der Waals surface area contributed by atoms with Gasteiger partial charge in [-0.1, -0.05) is 17.3 Å². The van der Waals surface area contributed by atoms with Crippen LogP contribution in [0.4, 0.5) is 5.95 Å². The molecule has 1 atom stereocenters. The molecule has 1 fully saturated rings. The van der Waals surface area contributed by atoms with Crippen molar-refractivity contribution in [3.05, 3.63) is 61.1 Å². The second-order valence-electron chi connectivity index (χ2n) is 7.72. The van der Waals surface area contributed by atoms with Crippen LogP contribution in [0.5, 0.6) is 5.75 Å². The zero-order valence-corrected chi connectivity index (χ0v) is 17.5. The molecule has 0 spiro atoms. The lowest BCUT2D eigenvalue weighted by atomic mass is 10.1. The molecule has 4 heterocycles. The van der Waals surface area contributed by atoms with E-state index >= 15 is 0 Å². The van der Waals surface area contributed by atoms with E-state index in [0.717, 1.165) is 48.8 Å². The van der Waals surface area contributed by atoms with Gasteiger partial charge in [0, 0.05) is 56.9 Å². The van der Waals surface area contributed by atoms with Gasteiger partial charge in [0.05, 0.1) is 5.39 Å². The number of benzene rings is 1. The fourth-order valence-electron chi connectivity index (χ4n) is 3.85. The van der Waals surface area contributed by atoms with Crippen molar-refractivity contribution in [2.75, 3.05) is 44.2 Å². The Morgan fingerprint density at radius 2 is 1.78 bits per heavy atom. The first kappa shape index (κ1) is 20.3. The lowest BCUT2D eigenvalue weighted by Crippen LogP contribution is -2.49. The molecule has 3 aromatic heterocycles. The van der Waals surface area contributed by atoms with E-state index in [4.69, 9.17) is 9.26 Å². The van der Waals surface area contributed by atoms with E-state index in [1.807, 2.05) is 42.5 Å². The van der Waals surface area contributed by atoms with Crippen molar-refractivity contribution in [3.8, 4) is 17.0 Å². The molecule has 4 aromatic rings. The number of nitrogens with zero attached hydrogens (tertiary/aromatic N) is 6. The van der Waals surface area contributed by atoms with Crippen LogP contribution in [0.25, 0.3) is 22.4 Å². The highest BCUT2D eigenvalue weighted by Crippen LogP contribution is 2.29. The minimum absolute atomic E-state index is 0.215. The Hall–Kier alpha value is -3.56. The minimum Gasteiger partial charge on any atom is -0.491 e. The number of anilines is 1. The Labute approximate surface area is 185 Å². The van der Waals surface area contributed by atoms with Crippen molar-refractivity contribution < 1.29 is 14.4 Å². The van der Waals surface area contributed by atoms with Crippen molar-refractivity contribution in [3.63, 3.8) is 0 Å². The summed E-state index contributed by atoms with van der Waals surface area (Å²) in [7, 11) is 0. The summed E-state index contributed by atoms with van der Waals surface area (Å²) in [5.41, 5.74) is 2.10. The number of piperazine rings is 1. The van der Waals surface area contributed by atoms with Gasteiger partial charge in [-0.25, -0.2) is 15.0 Å². The molecule has 164 valence electrons. The zero-order valence-electron chi connectivity index (χ0n) is 17.5. The van der Waals surface area contributed by atoms with E-state index in [-0.39, 0.29) is 6.61 Å². The molecular formula is C23H24N6O3. The molecule has 32 heavy (non-hydrogen) atoms. The fraction of sp³-hybridized carbons (Fsp3) is 0.304. The van der Waals surface area contributed by atoms with Gasteiger partial charge >= 0.3 is 0 Å². The first-order valence-electron chi connectivity index (χ1n) is 10.6. The highest BCUT2D eigenvalue weighted by atomic mass is 16.5. The summed E-state index contributed by atoms with van der Waals surface area (Å²) in [5.74, 6) is 1.43. The maximum atomic E-state index is 10.5. The molecule has 9 heteroatoms. The van der Waals surface area contributed by atoms with Crippen molar-refractivity contribution in [1.82, 2.24) is 25.0 Å². The van der Waals surface area contributed by atoms with Crippen LogP contribution < -0.4 is 9.64 Å². The number of aromatic nitrogens is 4. The van der Waals surface area contributed by atoms with Crippen molar-refractivity contribution in [2.45, 2.75) is 6.10 Å². The van der Waals surface area contributed by atoms with Gasteiger partial charge in [-0.05, 0) is 30.3 Å². The molecule has 0 unspecified atom stereocenters. The predicted octanol–water partition coefficient (Wildman–Crippen LogP) is 2.24. The van der Waals surface area contributed by atoms with Gasteiger partial charge in [0.2, 0.25) is 5.95 Å². The molecule has 0 bridgehead atoms.